The molecule has 0 aliphatic rings. The highest BCUT2D eigenvalue weighted by Crippen LogP contribution is 2.09. The molecule has 0 aliphatic carbocycles. The van der Waals surface area contributed by atoms with E-state index in [-0.39, 0.29) is 0 Å². The predicted molar refractivity (Wildman–Crippen MR) is 46.7 cm³/mol. The molecule has 0 aromatic heterocycles. The molecule has 0 saturated heterocycles. The number of hydrogen-bond acceptors (Lipinski definition) is 3. The van der Waals surface area contributed by atoms with Crippen molar-refractivity contribution >= 4 is 17.6 Å². The molecule has 0 radical (unpaired) electrons. The molecule has 1 aromatic rings. The van der Waals surface area contributed by atoms with Crippen molar-refractivity contribution in [3.63, 3.8) is 0 Å². The molecule has 0 atom stereocenters. The first-order valence-electron chi connectivity index (χ1n) is 3.06. The molecule has 0 unspecified atom stereocenters. The van der Waals surface area contributed by atoms with Gasteiger partial charge in [0.25, 0.3) is 0 Å². The molecule has 3 N–H and O–H groups in total. The summed E-state index contributed by atoms with van der Waals surface area (Å²) in [7, 11) is 0. The number of rotatable bonds is 3. The van der Waals surface area contributed by atoms with Gasteiger partial charge in [-0.3, -0.25) is 0 Å². The van der Waals surface area contributed by atoms with Crippen molar-refractivity contribution in [1.82, 2.24) is 0 Å². The van der Waals surface area contributed by atoms with E-state index in [4.69, 9.17) is 5.73 Å². The van der Waals surface area contributed by atoms with Crippen LogP contribution in [-0.2, 0) is 0 Å². The summed E-state index contributed by atoms with van der Waals surface area (Å²) in [6.45, 7) is 0. The van der Waals surface area contributed by atoms with E-state index >= 15 is 0 Å². The monoisotopic (exact) mass is 154 g/mol. The van der Waals surface area contributed by atoms with Gasteiger partial charge in [-0.15, -0.1) is 0 Å². The Balaban J connectivity index is 2.43. The van der Waals surface area contributed by atoms with E-state index in [1.165, 1.54) is 11.9 Å². The Kier molecular flexibility index (Phi) is 3.12. The van der Waals surface area contributed by atoms with Crippen LogP contribution in [0.3, 0.4) is 0 Å². The first-order valence-corrected chi connectivity index (χ1v) is 4.05. The van der Waals surface area contributed by atoms with E-state index < -0.39 is 0 Å². The van der Waals surface area contributed by atoms with Crippen LogP contribution >= 0.6 is 11.9 Å². The minimum absolute atomic E-state index is 0.592. The van der Waals surface area contributed by atoms with Gasteiger partial charge >= 0.3 is 0 Å². The summed E-state index contributed by atoms with van der Waals surface area (Å²) in [4.78, 5) is 0. The van der Waals surface area contributed by atoms with Gasteiger partial charge in [-0.1, -0.05) is 18.2 Å². The number of hydrogen-bond donors (Lipinski definition) is 2. The van der Waals surface area contributed by atoms with Crippen LogP contribution < -0.4 is 10.5 Å². The van der Waals surface area contributed by atoms with Gasteiger partial charge in [-0.05, 0) is 24.1 Å². The fourth-order valence-electron chi connectivity index (χ4n) is 0.631. The van der Waals surface area contributed by atoms with Crippen LogP contribution in [0.1, 0.15) is 0 Å². The quantitative estimate of drug-likeness (QED) is 0.513. The van der Waals surface area contributed by atoms with Crippen LogP contribution in [0, 0.1) is 0 Å². The number of para-hydroxylation sites is 1. The summed E-state index contributed by atoms with van der Waals surface area (Å²) >= 11 is 1.49. The van der Waals surface area contributed by atoms with Crippen molar-refractivity contribution in [1.29, 1.82) is 0 Å². The first kappa shape index (κ1) is 7.44. The average Bonchev–Trinajstić information content (AvgIpc) is 2.03. The third-order valence-corrected chi connectivity index (χ3v) is 1.59. The lowest BCUT2D eigenvalue weighted by atomic mass is 10.3. The summed E-state index contributed by atoms with van der Waals surface area (Å²) in [5.41, 5.74) is 6.37. The second kappa shape index (κ2) is 4.19. The minimum atomic E-state index is 0.592. The molecule has 3 heteroatoms. The third-order valence-electron chi connectivity index (χ3n) is 1.05. The molecule has 0 aliphatic heterocycles. The van der Waals surface area contributed by atoms with Crippen LogP contribution in [0.2, 0.25) is 0 Å². The van der Waals surface area contributed by atoms with Gasteiger partial charge in [0.15, 0.2) is 0 Å². The normalized spacial score (nSPS) is 9.30. The minimum Gasteiger partial charge on any atom is -0.329 e. The Labute approximate surface area is 64.9 Å². The van der Waals surface area contributed by atoms with Crippen LogP contribution in [0.4, 0.5) is 5.69 Å². The zero-order valence-electron chi connectivity index (χ0n) is 5.58. The largest absolute Gasteiger partial charge is 0.329 e. The Morgan fingerprint density at radius 2 is 2.00 bits per heavy atom. The van der Waals surface area contributed by atoms with Crippen molar-refractivity contribution in [3.8, 4) is 0 Å². The Morgan fingerprint density at radius 1 is 1.30 bits per heavy atom. The zero-order chi connectivity index (χ0) is 7.23. The van der Waals surface area contributed by atoms with Gasteiger partial charge in [0.2, 0.25) is 0 Å². The average molecular weight is 154 g/mol. The third kappa shape index (κ3) is 2.29. The van der Waals surface area contributed by atoms with Crippen molar-refractivity contribution in [2.45, 2.75) is 0 Å². The maximum Gasteiger partial charge on any atom is 0.0594 e. The van der Waals surface area contributed by atoms with Gasteiger partial charge in [0, 0.05) is 5.69 Å². The number of nitrogens with one attached hydrogen (secondary N) is 1. The summed E-state index contributed by atoms with van der Waals surface area (Å²) in [5.74, 6) is 0.592. The Hall–Kier alpha value is -0.670. The van der Waals surface area contributed by atoms with E-state index in [0.29, 0.717) is 5.88 Å². The van der Waals surface area contributed by atoms with Crippen LogP contribution in [-0.4, -0.2) is 5.88 Å². The van der Waals surface area contributed by atoms with E-state index in [0.717, 1.165) is 5.69 Å². The van der Waals surface area contributed by atoms with Gasteiger partial charge in [0.1, 0.15) is 0 Å². The molecule has 1 rings (SSSR count). The van der Waals surface area contributed by atoms with Crippen LogP contribution in [0.15, 0.2) is 30.3 Å². The fourth-order valence-corrected chi connectivity index (χ4v) is 1.02. The predicted octanol–water partition coefficient (Wildman–Crippen LogP) is 1.66. The molecular formula is C7H10N2S. The summed E-state index contributed by atoms with van der Waals surface area (Å²) in [6, 6.07) is 9.96. The molecule has 0 bridgehead atoms. The van der Waals surface area contributed by atoms with E-state index in [2.05, 4.69) is 4.72 Å². The van der Waals surface area contributed by atoms with E-state index in [1.807, 2.05) is 30.3 Å². The molecule has 2 nitrogen and oxygen atoms in total. The maximum absolute atomic E-state index is 5.28. The van der Waals surface area contributed by atoms with Gasteiger partial charge in [-0.25, -0.2) is 0 Å². The molecule has 10 heavy (non-hydrogen) atoms. The van der Waals surface area contributed by atoms with Crippen molar-refractivity contribution in [2.75, 3.05) is 10.6 Å². The maximum atomic E-state index is 5.28. The highest BCUT2D eigenvalue weighted by atomic mass is 32.2. The van der Waals surface area contributed by atoms with Crippen molar-refractivity contribution < 1.29 is 0 Å². The van der Waals surface area contributed by atoms with Crippen LogP contribution in [0.5, 0.6) is 0 Å². The van der Waals surface area contributed by atoms with Crippen LogP contribution in [0.25, 0.3) is 0 Å². The molecular weight excluding hydrogens is 144 g/mol. The van der Waals surface area contributed by atoms with Crippen molar-refractivity contribution in [3.05, 3.63) is 30.3 Å². The lowest BCUT2D eigenvalue weighted by Crippen LogP contribution is -1.97. The summed E-state index contributed by atoms with van der Waals surface area (Å²) in [6.07, 6.45) is 0. The molecule has 0 saturated carbocycles. The van der Waals surface area contributed by atoms with Crippen molar-refractivity contribution in [2.24, 2.45) is 5.73 Å². The molecule has 0 spiro atoms. The summed E-state index contributed by atoms with van der Waals surface area (Å²) < 4.78 is 3.09. The molecule has 0 amide bonds. The number of nitrogens with two attached hydrogens (primary N) is 1. The zero-order valence-corrected chi connectivity index (χ0v) is 6.40. The highest BCUT2D eigenvalue weighted by Gasteiger charge is 1.84. The molecule has 54 valence electrons. The Bertz CT molecular complexity index is 176. The van der Waals surface area contributed by atoms with Gasteiger partial charge < -0.3 is 10.5 Å². The lowest BCUT2D eigenvalue weighted by molar-refractivity contribution is 1.40. The summed E-state index contributed by atoms with van der Waals surface area (Å²) in [5, 5.41) is 0. The molecule has 0 heterocycles. The highest BCUT2D eigenvalue weighted by molar-refractivity contribution is 8.00. The molecule has 0 fully saturated rings. The number of benzene rings is 1. The Morgan fingerprint density at radius 3 is 2.60 bits per heavy atom. The van der Waals surface area contributed by atoms with E-state index in [1.54, 1.807) is 0 Å². The first-order chi connectivity index (χ1) is 4.93. The molecule has 1 aromatic carbocycles. The number of anilines is 1. The van der Waals surface area contributed by atoms with Gasteiger partial charge in [0.05, 0.1) is 5.88 Å². The second-order valence-electron chi connectivity index (χ2n) is 1.78. The van der Waals surface area contributed by atoms with Gasteiger partial charge in [-0.2, -0.15) is 0 Å². The smallest absolute Gasteiger partial charge is 0.0594 e. The topological polar surface area (TPSA) is 38.0 Å². The van der Waals surface area contributed by atoms with E-state index in [9.17, 15) is 0 Å². The standard InChI is InChI=1S/C7H10N2S/c8-6-10-9-7-4-2-1-3-5-7/h1-5,9H,6,8H2. The fraction of sp³-hybridized carbons (Fsp3) is 0.143. The lowest BCUT2D eigenvalue weighted by Gasteiger charge is -2.00. The second-order valence-corrected chi connectivity index (χ2v) is 2.61. The SMILES string of the molecule is NCSNc1ccccc1.